The van der Waals surface area contributed by atoms with Gasteiger partial charge in [-0.2, -0.15) is 11.8 Å². The zero-order valence-corrected chi connectivity index (χ0v) is 13.2. The highest BCUT2D eigenvalue weighted by molar-refractivity contribution is 14.1. The highest BCUT2D eigenvalue weighted by atomic mass is 127. The predicted molar refractivity (Wildman–Crippen MR) is 83.4 cm³/mol. The second-order valence-corrected chi connectivity index (χ2v) is 7.37. The highest BCUT2D eigenvalue weighted by Crippen LogP contribution is 2.39. The van der Waals surface area contributed by atoms with Gasteiger partial charge in [0.05, 0.1) is 12.2 Å². The Kier molecular flexibility index (Phi) is 4.06. The van der Waals surface area contributed by atoms with E-state index in [-0.39, 0.29) is 5.60 Å². The van der Waals surface area contributed by atoms with Gasteiger partial charge in [-0.05, 0) is 53.0 Å². The summed E-state index contributed by atoms with van der Waals surface area (Å²) in [6, 6.07) is 8.30. The first kappa shape index (κ1) is 13.1. The van der Waals surface area contributed by atoms with Crippen molar-refractivity contribution in [3.05, 3.63) is 27.8 Å². The lowest BCUT2D eigenvalue weighted by Gasteiger charge is -2.37. The maximum atomic E-state index is 6.13. The Morgan fingerprint density at radius 1 is 1.44 bits per heavy atom. The summed E-state index contributed by atoms with van der Waals surface area (Å²) in [5.74, 6) is 3.37. The minimum Gasteiger partial charge on any atom is -0.490 e. The van der Waals surface area contributed by atoms with Crippen molar-refractivity contribution in [2.75, 3.05) is 18.1 Å². The Labute approximate surface area is 126 Å². The molecule has 2 nitrogen and oxygen atoms in total. The van der Waals surface area contributed by atoms with Crippen molar-refractivity contribution in [3.8, 4) is 5.75 Å². The first-order valence-electron chi connectivity index (χ1n) is 6.40. The average Bonchev–Trinajstić information content (AvgIpc) is 2.77. The molecule has 2 aliphatic rings. The Hall–Kier alpha value is 0.0600. The maximum absolute atomic E-state index is 6.13. The van der Waals surface area contributed by atoms with Crippen LogP contribution in [-0.2, 0) is 4.74 Å². The smallest absolute Gasteiger partial charge is 0.120 e. The Balaban J connectivity index is 1.66. The Morgan fingerprint density at radius 2 is 2.39 bits per heavy atom. The molecule has 0 saturated carbocycles. The third-order valence-electron chi connectivity index (χ3n) is 3.61. The van der Waals surface area contributed by atoms with Gasteiger partial charge in [0.1, 0.15) is 11.9 Å². The molecule has 18 heavy (non-hydrogen) atoms. The van der Waals surface area contributed by atoms with Crippen LogP contribution < -0.4 is 4.74 Å². The van der Waals surface area contributed by atoms with Crippen LogP contribution in [0, 0.1) is 3.57 Å². The molecule has 2 heterocycles. The summed E-state index contributed by atoms with van der Waals surface area (Å²) in [5.41, 5.74) is 0.107. The number of halogens is 1. The summed E-state index contributed by atoms with van der Waals surface area (Å²) in [5, 5.41) is 0. The number of benzene rings is 1. The van der Waals surface area contributed by atoms with E-state index in [4.69, 9.17) is 9.47 Å². The van der Waals surface area contributed by atoms with Gasteiger partial charge in [-0.3, -0.25) is 0 Å². The molecule has 2 fully saturated rings. The summed E-state index contributed by atoms with van der Waals surface area (Å²) in [7, 11) is 0. The van der Waals surface area contributed by atoms with Gasteiger partial charge < -0.3 is 9.47 Å². The molecule has 0 aliphatic carbocycles. The number of rotatable bonds is 2. The molecule has 2 atom stereocenters. The van der Waals surface area contributed by atoms with E-state index in [9.17, 15) is 0 Å². The summed E-state index contributed by atoms with van der Waals surface area (Å²) < 4.78 is 13.4. The summed E-state index contributed by atoms with van der Waals surface area (Å²) in [4.78, 5) is 0. The van der Waals surface area contributed by atoms with Crippen LogP contribution in [0.2, 0.25) is 0 Å². The molecule has 1 aromatic rings. The summed E-state index contributed by atoms with van der Waals surface area (Å²) >= 11 is 4.33. The highest BCUT2D eigenvalue weighted by Gasteiger charge is 2.41. The predicted octanol–water partition coefficient (Wildman–Crippen LogP) is 3.72. The average molecular weight is 376 g/mol. The lowest BCUT2D eigenvalue weighted by atomic mass is 9.91. The van der Waals surface area contributed by atoms with Crippen LogP contribution in [0.15, 0.2) is 24.3 Å². The number of hydrogen-bond acceptors (Lipinski definition) is 3. The van der Waals surface area contributed by atoms with Gasteiger partial charge >= 0.3 is 0 Å². The van der Waals surface area contributed by atoms with Crippen LogP contribution in [0.3, 0.4) is 0 Å². The molecule has 2 aliphatic heterocycles. The van der Waals surface area contributed by atoms with E-state index in [1.54, 1.807) is 0 Å². The van der Waals surface area contributed by atoms with E-state index in [0.717, 1.165) is 31.0 Å². The van der Waals surface area contributed by atoms with Gasteiger partial charge in [-0.1, -0.05) is 6.07 Å². The van der Waals surface area contributed by atoms with Gasteiger partial charge in [-0.25, -0.2) is 0 Å². The van der Waals surface area contributed by atoms with Crippen LogP contribution in [0.5, 0.6) is 5.75 Å². The molecule has 4 heteroatoms. The van der Waals surface area contributed by atoms with Crippen molar-refractivity contribution >= 4 is 34.4 Å². The standard InChI is InChI=1S/C14H17IO2S/c15-11-2-1-3-12(8-11)17-13-4-6-16-14(9-13)5-7-18-10-14/h1-3,8,13H,4-7,9-10H2. The molecule has 1 spiro atoms. The maximum Gasteiger partial charge on any atom is 0.120 e. The van der Waals surface area contributed by atoms with E-state index in [0.29, 0.717) is 6.10 Å². The molecule has 2 saturated heterocycles. The first-order valence-corrected chi connectivity index (χ1v) is 8.63. The molecule has 0 aromatic heterocycles. The zero-order valence-electron chi connectivity index (χ0n) is 10.2. The second kappa shape index (κ2) is 5.59. The molecule has 0 radical (unpaired) electrons. The quantitative estimate of drug-likeness (QED) is 0.733. The van der Waals surface area contributed by atoms with E-state index >= 15 is 0 Å². The Morgan fingerprint density at radius 3 is 3.17 bits per heavy atom. The van der Waals surface area contributed by atoms with E-state index < -0.39 is 0 Å². The summed E-state index contributed by atoms with van der Waals surface area (Å²) in [6.45, 7) is 0.842. The van der Waals surface area contributed by atoms with Crippen LogP contribution in [0.25, 0.3) is 0 Å². The van der Waals surface area contributed by atoms with Crippen molar-refractivity contribution < 1.29 is 9.47 Å². The van der Waals surface area contributed by atoms with Crippen LogP contribution in [-0.4, -0.2) is 29.8 Å². The fourth-order valence-corrected chi connectivity index (χ4v) is 4.57. The van der Waals surface area contributed by atoms with Gasteiger partial charge in [0.25, 0.3) is 0 Å². The molecule has 1 aromatic carbocycles. The minimum atomic E-state index is 0.107. The van der Waals surface area contributed by atoms with Crippen molar-refractivity contribution in [1.29, 1.82) is 0 Å². The van der Waals surface area contributed by atoms with E-state index in [1.165, 1.54) is 15.7 Å². The third kappa shape index (κ3) is 2.96. The van der Waals surface area contributed by atoms with Gasteiger partial charge in [0.15, 0.2) is 0 Å². The molecular formula is C14H17IO2S. The fourth-order valence-electron chi connectivity index (χ4n) is 2.68. The summed E-state index contributed by atoms with van der Waals surface area (Å²) in [6.07, 6.45) is 3.56. The lowest BCUT2D eigenvalue weighted by molar-refractivity contribution is -0.0959. The molecule has 98 valence electrons. The first-order chi connectivity index (χ1) is 8.76. The largest absolute Gasteiger partial charge is 0.490 e. The van der Waals surface area contributed by atoms with Crippen molar-refractivity contribution in [2.24, 2.45) is 0 Å². The van der Waals surface area contributed by atoms with Gasteiger partial charge in [0, 0.05) is 22.2 Å². The molecule has 3 rings (SSSR count). The third-order valence-corrected chi connectivity index (χ3v) is 5.51. The lowest BCUT2D eigenvalue weighted by Crippen LogP contribution is -2.43. The van der Waals surface area contributed by atoms with Crippen molar-refractivity contribution in [1.82, 2.24) is 0 Å². The minimum absolute atomic E-state index is 0.107. The molecule has 2 unspecified atom stereocenters. The van der Waals surface area contributed by atoms with Crippen LogP contribution >= 0.6 is 34.4 Å². The molecule has 0 bridgehead atoms. The zero-order chi connectivity index (χ0) is 12.4. The van der Waals surface area contributed by atoms with E-state index in [2.05, 4.69) is 40.8 Å². The topological polar surface area (TPSA) is 18.5 Å². The number of thioether (sulfide) groups is 1. The normalized spacial score (nSPS) is 31.7. The van der Waals surface area contributed by atoms with Crippen molar-refractivity contribution in [2.45, 2.75) is 31.0 Å². The molecule has 0 amide bonds. The SMILES string of the molecule is Ic1cccc(OC2CCOC3(CCSC3)C2)c1. The monoisotopic (exact) mass is 376 g/mol. The fraction of sp³-hybridized carbons (Fsp3) is 0.571. The Bertz CT molecular complexity index is 418. The number of ether oxygens (including phenoxy) is 2. The van der Waals surface area contributed by atoms with E-state index in [1.807, 2.05) is 17.8 Å². The second-order valence-electron chi connectivity index (χ2n) is 5.02. The van der Waals surface area contributed by atoms with Gasteiger partial charge in [0.2, 0.25) is 0 Å². The van der Waals surface area contributed by atoms with Crippen molar-refractivity contribution in [3.63, 3.8) is 0 Å². The molecule has 0 N–H and O–H groups in total. The van der Waals surface area contributed by atoms with Crippen LogP contribution in [0.1, 0.15) is 19.3 Å². The van der Waals surface area contributed by atoms with Gasteiger partial charge in [-0.15, -0.1) is 0 Å². The number of hydrogen-bond donors (Lipinski definition) is 0. The molecular weight excluding hydrogens is 359 g/mol. The van der Waals surface area contributed by atoms with Crippen LogP contribution in [0.4, 0.5) is 0 Å².